The fourth-order valence-electron chi connectivity index (χ4n) is 3.70. The summed E-state index contributed by atoms with van der Waals surface area (Å²) < 4.78 is 15.8. The molecule has 0 bridgehead atoms. The van der Waals surface area contributed by atoms with Crippen LogP contribution in [0.1, 0.15) is 5.89 Å². The van der Waals surface area contributed by atoms with E-state index in [1.165, 1.54) is 19.2 Å². The number of ether oxygens (including phenoxy) is 2. The predicted octanol–water partition coefficient (Wildman–Crippen LogP) is 2.90. The van der Waals surface area contributed by atoms with Gasteiger partial charge in [0.25, 0.3) is 11.8 Å². The van der Waals surface area contributed by atoms with E-state index in [2.05, 4.69) is 20.5 Å². The van der Waals surface area contributed by atoms with Gasteiger partial charge in [-0.05, 0) is 24.3 Å². The average Bonchev–Trinajstić information content (AvgIpc) is 3.52. The molecule has 1 aromatic heterocycles. The Morgan fingerprint density at radius 2 is 1.73 bits per heavy atom. The highest BCUT2D eigenvalue weighted by Crippen LogP contribution is 2.36. The van der Waals surface area contributed by atoms with Gasteiger partial charge in [-0.3, -0.25) is 14.6 Å². The van der Waals surface area contributed by atoms with Crippen molar-refractivity contribution in [3.8, 4) is 22.9 Å². The molecule has 2 amide bonds. The molecule has 2 aliphatic heterocycles. The van der Waals surface area contributed by atoms with E-state index in [-0.39, 0.29) is 12.4 Å². The zero-order chi connectivity index (χ0) is 23.1. The number of nitrogens with zero attached hydrogens (tertiary/aromatic N) is 6. The maximum atomic E-state index is 13.2. The Balaban J connectivity index is 1.37. The lowest BCUT2D eigenvalue weighted by molar-refractivity contribution is -0.123. The van der Waals surface area contributed by atoms with Crippen LogP contribution in [0.25, 0.3) is 11.4 Å². The summed E-state index contributed by atoms with van der Waals surface area (Å²) in [5.41, 5.74) is 1.05. The second-order valence-electron chi connectivity index (χ2n) is 7.29. The first-order chi connectivity index (χ1) is 16.0. The molecule has 0 radical (unpaired) electrons. The van der Waals surface area contributed by atoms with Gasteiger partial charge in [0.2, 0.25) is 11.7 Å². The van der Waals surface area contributed by atoms with E-state index in [1.807, 2.05) is 0 Å². The highest BCUT2D eigenvalue weighted by molar-refractivity contribution is 6.30. The van der Waals surface area contributed by atoms with Gasteiger partial charge in [0.15, 0.2) is 12.1 Å². The van der Waals surface area contributed by atoms with E-state index in [0.717, 1.165) is 10.5 Å². The Hall–Kier alpha value is -3.99. The quantitative estimate of drug-likeness (QED) is 0.506. The van der Waals surface area contributed by atoms with Gasteiger partial charge in [0.05, 0.1) is 19.9 Å². The minimum Gasteiger partial charge on any atom is -0.497 e. The molecule has 3 heterocycles. The number of methoxy groups -OCH3 is 2. The summed E-state index contributed by atoms with van der Waals surface area (Å²) >= 11 is 5.91. The second-order valence-corrected chi connectivity index (χ2v) is 7.73. The van der Waals surface area contributed by atoms with Gasteiger partial charge < -0.3 is 14.0 Å². The summed E-state index contributed by atoms with van der Waals surface area (Å²) in [5, 5.41) is 13.9. The van der Waals surface area contributed by atoms with Gasteiger partial charge >= 0.3 is 0 Å². The van der Waals surface area contributed by atoms with E-state index in [9.17, 15) is 9.59 Å². The topological polar surface area (TPSA) is 123 Å². The third kappa shape index (κ3) is 3.65. The number of carbonyl (C=O) groups excluding carboxylic acids is 2. The van der Waals surface area contributed by atoms with Crippen LogP contribution in [0.2, 0.25) is 5.02 Å². The maximum absolute atomic E-state index is 13.2. The number of hydrogen-bond donors (Lipinski definition) is 0. The molecule has 0 saturated carbocycles. The van der Waals surface area contributed by atoms with Crippen molar-refractivity contribution < 1.29 is 23.6 Å². The molecule has 2 aliphatic rings. The first-order valence-corrected chi connectivity index (χ1v) is 10.2. The van der Waals surface area contributed by atoms with E-state index >= 15 is 0 Å². The lowest BCUT2D eigenvalue weighted by Crippen LogP contribution is -2.39. The normalized spacial score (nSPS) is 19.4. The zero-order valence-electron chi connectivity index (χ0n) is 17.5. The standard InChI is InChI=1S/C21H17ClN6O5/c1-31-14-7-13(8-15(9-14)32-2)28-20(29)17-18(21(28)30)27(26-24-17)10-16-23-19(25-33-16)11-3-5-12(22)6-4-11/h3-9,17-18H,10H2,1-2H3/t17-,18+/m0/s1. The highest BCUT2D eigenvalue weighted by atomic mass is 35.5. The number of rotatable bonds is 6. The van der Waals surface area contributed by atoms with Gasteiger partial charge in [-0.2, -0.15) is 10.1 Å². The molecule has 168 valence electrons. The molecule has 11 nitrogen and oxygen atoms in total. The lowest BCUT2D eigenvalue weighted by atomic mass is 10.1. The van der Waals surface area contributed by atoms with Crippen LogP contribution in [0.15, 0.2) is 57.3 Å². The van der Waals surface area contributed by atoms with Crippen LogP contribution in [-0.2, 0) is 16.1 Å². The summed E-state index contributed by atoms with van der Waals surface area (Å²) in [6.07, 6.45) is 0. The van der Waals surface area contributed by atoms with Crippen molar-refractivity contribution in [3.05, 3.63) is 53.4 Å². The number of fused-ring (bicyclic) bond motifs is 1. The van der Waals surface area contributed by atoms with Crippen molar-refractivity contribution >= 4 is 29.1 Å². The van der Waals surface area contributed by atoms with Crippen molar-refractivity contribution in [2.24, 2.45) is 10.3 Å². The summed E-state index contributed by atoms with van der Waals surface area (Å²) in [5.74, 6) is 0.526. The number of anilines is 1. The van der Waals surface area contributed by atoms with Gasteiger partial charge in [-0.25, -0.2) is 4.90 Å². The van der Waals surface area contributed by atoms with Crippen LogP contribution in [-0.4, -0.2) is 53.3 Å². The fourth-order valence-corrected chi connectivity index (χ4v) is 3.83. The van der Waals surface area contributed by atoms with Crippen LogP contribution in [0.5, 0.6) is 11.5 Å². The Kier molecular flexibility index (Phi) is 5.17. The lowest BCUT2D eigenvalue weighted by Gasteiger charge is -2.20. The van der Waals surface area contributed by atoms with Crippen molar-refractivity contribution in [1.29, 1.82) is 0 Å². The molecule has 0 spiro atoms. The molecule has 0 unspecified atom stereocenters. The Morgan fingerprint density at radius 1 is 1.03 bits per heavy atom. The van der Waals surface area contributed by atoms with Crippen molar-refractivity contribution in [1.82, 2.24) is 15.1 Å². The van der Waals surface area contributed by atoms with Gasteiger partial charge in [-0.1, -0.05) is 22.0 Å². The molecule has 3 aromatic rings. The minimum absolute atomic E-state index is 0.0134. The van der Waals surface area contributed by atoms with Crippen LogP contribution in [0, 0.1) is 0 Å². The molecule has 0 aliphatic carbocycles. The van der Waals surface area contributed by atoms with Crippen LogP contribution in [0.4, 0.5) is 5.69 Å². The molecular weight excluding hydrogens is 452 g/mol. The molecular formula is C21H17ClN6O5. The fraction of sp³-hybridized carbons (Fsp3) is 0.238. The molecule has 0 N–H and O–H groups in total. The number of amides is 2. The first-order valence-electron chi connectivity index (χ1n) is 9.85. The SMILES string of the molecule is COc1cc(OC)cc(N2C(=O)[C@H]3N=NN(Cc4nc(-c5ccc(Cl)cc5)no4)[C@H]3C2=O)c1. The second kappa shape index (κ2) is 8.17. The summed E-state index contributed by atoms with van der Waals surface area (Å²) in [7, 11) is 2.97. The Labute approximate surface area is 192 Å². The van der Waals surface area contributed by atoms with Crippen molar-refractivity contribution in [3.63, 3.8) is 0 Å². The van der Waals surface area contributed by atoms with E-state index in [1.54, 1.807) is 42.5 Å². The molecule has 5 rings (SSSR count). The smallest absolute Gasteiger partial charge is 0.263 e. The van der Waals surface area contributed by atoms with Gasteiger partial charge in [-0.15, -0.1) is 0 Å². The Bertz CT molecular complexity index is 1240. The highest BCUT2D eigenvalue weighted by Gasteiger charge is 2.55. The van der Waals surface area contributed by atoms with Crippen LogP contribution >= 0.6 is 11.6 Å². The number of hydrogen-bond acceptors (Lipinski definition) is 10. The van der Waals surface area contributed by atoms with E-state index in [4.69, 9.17) is 25.6 Å². The maximum Gasteiger partial charge on any atom is 0.263 e. The third-order valence-corrected chi connectivity index (χ3v) is 5.57. The number of halogens is 1. The largest absolute Gasteiger partial charge is 0.497 e. The third-order valence-electron chi connectivity index (χ3n) is 5.32. The van der Waals surface area contributed by atoms with Crippen molar-refractivity contribution in [2.45, 2.75) is 18.6 Å². The molecule has 1 saturated heterocycles. The van der Waals surface area contributed by atoms with Crippen LogP contribution in [0.3, 0.4) is 0 Å². The number of imide groups is 1. The van der Waals surface area contributed by atoms with E-state index < -0.39 is 23.9 Å². The van der Waals surface area contributed by atoms with E-state index in [0.29, 0.717) is 28.0 Å². The van der Waals surface area contributed by atoms with Gasteiger partial charge in [0, 0.05) is 28.8 Å². The number of benzene rings is 2. The van der Waals surface area contributed by atoms with Crippen molar-refractivity contribution in [2.75, 3.05) is 19.1 Å². The minimum atomic E-state index is -0.964. The monoisotopic (exact) mass is 468 g/mol. The summed E-state index contributed by atoms with van der Waals surface area (Å²) in [6, 6.07) is 9.90. The number of carbonyl (C=O) groups is 2. The molecule has 1 fully saturated rings. The first kappa shape index (κ1) is 20.9. The Morgan fingerprint density at radius 3 is 2.39 bits per heavy atom. The summed E-state index contributed by atoms with van der Waals surface area (Å²) in [6.45, 7) is 0.0134. The zero-order valence-corrected chi connectivity index (χ0v) is 18.3. The molecule has 12 heteroatoms. The predicted molar refractivity (Wildman–Crippen MR) is 115 cm³/mol. The van der Waals surface area contributed by atoms with Crippen LogP contribution < -0.4 is 14.4 Å². The molecule has 2 aromatic carbocycles. The molecule has 2 atom stereocenters. The summed E-state index contributed by atoms with van der Waals surface area (Å²) in [4.78, 5) is 31.6. The molecule has 33 heavy (non-hydrogen) atoms. The average molecular weight is 469 g/mol. The number of aromatic nitrogens is 2. The van der Waals surface area contributed by atoms with Gasteiger partial charge in [0.1, 0.15) is 18.0 Å².